The zero-order chi connectivity index (χ0) is 12.4. The van der Waals surface area contributed by atoms with E-state index in [-0.39, 0.29) is 5.78 Å². The number of methoxy groups -OCH3 is 1. The van der Waals surface area contributed by atoms with Crippen LogP contribution in [-0.2, 0) is 14.3 Å². The summed E-state index contributed by atoms with van der Waals surface area (Å²) >= 11 is 0. The molecule has 96 valence electrons. The molecule has 0 radical (unpaired) electrons. The van der Waals surface area contributed by atoms with Gasteiger partial charge in [0.1, 0.15) is 18.9 Å². The third-order valence-electron chi connectivity index (χ3n) is 2.82. The maximum Gasteiger partial charge on any atom is 0.135 e. The molecule has 0 N–H and O–H groups in total. The number of quaternary nitrogens is 1. The molecular weight excluding hydrogens is 206 g/mol. The van der Waals surface area contributed by atoms with Crippen LogP contribution in [0.5, 0.6) is 0 Å². The molecule has 0 aliphatic carbocycles. The van der Waals surface area contributed by atoms with Crippen LogP contribution in [0.3, 0.4) is 0 Å². The van der Waals surface area contributed by atoms with E-state index in [1.54, 1.807) is 14.0 Å². The number of ketones is 1. The number of likely N-dealkylation sites (N-methyl/N-ethyl adjacent to an activating group) is 1. The van der Waals surface area contributed by atoms with Crippen LogP contribution in [0.4, 0.5) is 0 Å². The van der Waals surface area contributed by atoms with Crippen molar-refractivity contribution in [3.05, 3.63) is 0 Å². The van der Waals surface area contributed by atoms with Gasteiger partial charge in [-0.2, -0.15) is 0 Å². The molecule has 1 unspecified atom stereocenters. The Morgan fingerprint density at radius 3 is 2.31 bits per heavy atom. The van der Waals surface area contributed by atoms with Crippen LogP contribution >= 0.6 is 0 Å². The molecule has 4 heteroatoms. The van der Waals surface area contributed by atoms with Gasteiger partial charge in [-0.15, -0.1) is 0 Å². The summed E-state index contributed by atoms with van der Waals surface area (Å²) < 4.78 is 11.3. The molecule has 0 aromatic carbocycles. The minimum atomic E-state index is 0.248. The van der Waals surface area contributed by atoms with Gasteiger partial charge in [-0.1, -0.05) is 0 Å². The van der Waals surface area contributed by atoms with Crippen molar-refractivity contribution in [2.75, 3.05) is 53.6 Å². The fourth-order valence-electron chi connectivity index (χ4n) is 1.50. The van der Waals surface area contributed by atoms with E-state index in [1.165, 1.54) is 0 Å². The van der Waals surface area contributed by atoms with E-state index in [0.717, 1.165) is 43.9 Å². The van der Waals surface area contributed by atoms with Gasteiger partial charge in [-0.05, 0) is 13.8 Å². The maximum absolute atomic E-state index is 11.0. The number of rotatable bonds is 10. The Labute approximate surface area is 99.1 Å². The molecule has 0 bridgehead atoms. The first kappa shape index (κ1) is 15.6. The van der Waals surface area contributed by atoms with Crippen LogP contribution in [0.2, 0.25) is 0 Å². The Balaban J connectivity index is 4.06. The van der Waals surface area contributed by atoms with E-state index < -0.39 is 0 Å². The number of Topliss-reactive ketones (excluding diaryl/α,β-unsaturated/α-hetero) is 1. The third kappa shape index (κ3) is 7.79. The summed E-state index contributed by atoms with van der Waals surface area (Å²) in [5.41, 5.74) is 0. The lowest BCUT2D eigenvalue weighted by molar-refractivity contribution is -0.909. The topological polar surface area (TPSA) is 35.5 Å². The van der Waals surface area contributed by atoms with Gasteiger partial charge in [0.05, 0.1) is 33.2 Å². The molecule has 0 aliphatic heterocycles. The molecule has 0 aromatic heterocycles. The monoisotopic (exact) mass is 232 g/mol. The zero-order valence-electron chi connectivity index (χ0n) is 11.1. The lowest BCUT2D eigenvalue weighted by atomic mass is 10.2. The highest BCUT2D eigenvalue weighted by Gasteiger charge is 2.21. The Kier molecular flexibility index (Phi) is 8.43. The maximum atomic E-state index is 11.0. The summed E-state index contributed by atoms with van der Waals surface area (Å²) in [4.78, 5) is 11.0. The second kappa shape index (κ2) is 8.67. The normalized spacial score (nSPS) is 14.8. The number of ether oxygens (including phenoxy) is 2. The highest BCUT2D eigenvalue weighted by molar-refractivity contribution is 5.75. The van der Waals surface area contributed by atoms with Crippen molar-refractivity contribution in [3.8, 4) is 0 Å². The average Bonchev–Trinajstić information content (AvgIpc) is 2.24. The summed E-state index contributed by atoms with van der Waals surface area (Å²) in [6.45, 7) is 8.58. The van der Waals surface area contributed by atoms with Crippen molar-refractivity contribution in [3.63, 3.8) is 0 Å². The Bertz CT molecular complexity index is 197. The molecule has 1 atom stereocenters. The number of carbonyl (C=O) groups excluding carboxylic acids is 1. The molecule has 0 rings (SSSR count). The largest absolute Gasteiger partial charge is 0.379 e. The summed E-state index contributed by atoms with van der Waals surface area (Å²) in [5, 5.41) is 0. The number of carbonyl (C=O) groups is 1. The van der Waals surface area contributed by atoms with Gasteiger partial charge in [0.15, 0.2) is 0 Å². The van der Waals surface area contributed by atoms with Crippen molar-refractivity contribution in [2.45, 2.75) is 20.3 Å². The van der Waals surface area contributed by atoms with Crippen LogP contribution < -0.4 is 0 Å². The Morgan fingerprint density at radius 1 is 1.19 bits per heavy atom. The highest BCUT2D eigenvalue weighted by atomic mass is 16.5. The minimum Gasteiger partial charge on any atom is -0.379 e. The Morgan fingerprint density at radius 2 is 1.81 bits per heavy atom. The first-order valence-electron chi connectivity index (χ1n) is 5.93. The predicted molar refractivity (Wildman–Crippen MR) is 64.5 cm³/mol. The van der Waals surface area contributed by atoms with Gasteiger partial charge < -0.3 is 14.0 Å². The standard InChI is InChI=1S/C12H26NO3/c1-5-16-11-9-13(3,8-10-15-4)7-6-12(2)14/h5-11H2,1-4H3/q+1. The molecule has 16 heavy (non-hydrogen) atoms. The van der Waals surface area contributed by atoms with E-state index in [0.29, 0.717) is 6.42 Å². The minimum absolute atomic E-state index is 0.248. The number of nitrogens with zero attached hydrogens (tertiary/aromatic N) is 1. The van der Waals surface area contributed by atoms with E-state index >= 15 is 0 Å². The van der Waals surface area contributed by atoms with E-state index in [4.69, 9.17) is 9.47 Å². The fourth-order valence-corrected chi connectivity index (χ4v) is 1.50. The zero-order valence-corrected chi connectivity index (χ0v) is 11.1. The lowest BCUT2D eigenvalue weighted by Gasteiger charge is -2.34. The SMILES string of the molecule is CCOCC[N+](C)(CCOC)CCC(C)=O. The molecule has 4 nitrogen and oxygen atoms in total. The van der Waals surface area contributed by atoms with Crippen LogP contribution in [0.25, 0.3) is 0 Å². The third-order valence-corrected chi connectivity index (χ3v) is 2.82. The van der Waals surface area contributed by atoms with Gasteiger partial charge in [-0.3, -0.25) is 4.79 Å². The first-order valence-corrected chi connectivity index (χ1v) is 5.93. The summed E-state index contributed by atoms with van der Waals surface area (Å²) in [6.07, 6.45) is 0.631. The second-order valence-corrected chi connectivity index (χ2v) is 4.43. The van der Waals surface area contributed by atoms with Gasteiger partial charge in [0.2, 0.25) is 0 Å². The summed E-state index contributed by atoms with van der Waals surface area (Å²) in [6, 6.07) is 0. The second-order valence-electron chi connectivity index (χ2n) is 4.43. The van der Waals surface area contributed by atoms with Crippen molar-refractivity contribution in [1.29, 1.82) is 0 Å². The molecule has 0 saturated heterocycles. The van der Waals surface area contributed by atoms with Crippen LogP contribution in [0.1, 0.15) is 20.3 Å². The van der Waals surface area contributed by atoms with Crippen molar-refractivity contribution in [2.24, 2.45) is 0 Å². The van der Waals surface area contributed by atoms with Crippen molar-refractivity contribution < 1.29 is 18.8 Å². The molecule has 0 spiro atoms. The summed E-state index contributed by atoms with van der Waals surface area (Å²) in [7, 11) is 3.86. The molecule has 0 aromatic rings. The van der Waals surface area contributed by atoms with Gasteiger partial charge in [0.25, 0.3) is 0 Å². The fraction of sp³-hybridized carbons (Fsp3) is 0.917. The average molecular weight is 232 g/mol. The van der Waals surface area contributed by atoms with E-state index in [9.17, 15) is 4.79 Å². The van der Waals surface area contributed by atoms with Crippen molar-refractivity contribution >= 4 is 5.78 Å². The van der Waals surface area contributed by atoms with Crippen molar-refractivity contribution in [1.82, 2.24) is 0 Å². The number of hydrogen-bond acceptors (Lipinski definition) is 3. The Hall–Kier alpha value is -0.450. The molecule has 0 amide bonds. The lowest BCUT2D eigenvalue weighted by Crippen LogP contribution is -2.49. The van der Waals surface area contributed by atoms with E-state index in [2.05, 4.69) is 7.05 Å². The van der Waals surface area contributed by atoms with Crippen LogP contribution in [-0.4, -0.2) is 63.9 Å². The number of hydrogen-bond donors (Lipinski definition) is 0. The molecule has 0 heterocycles. The quantitative estimate of drug-likeness (QED) is 0.418. The van der Waals surface area contributed by atoms with Gasteiger partial charge >= 0.3 is 0 Å². The van der Waals surface area contributed by atoms with E-state index in [1.807, 2.05) is 6.92 Å². The van der Waals surface area contributed by atoms with Crippen LogP contribution in [0.15, 0.2) is 0 Å². The molecule has 0 fully saturated rings. The van der Waals surface area contributed by atoms with Gasteiger partial charge in [-0.25, -0.2) is 0 Å². The smallest absolute Gasteiger partial charge is 0.135 e. The molecular formula is C12H26NO3+. The highest BCUT2D eigenvalue weighted by Crippen LogP contribution is 2.04. The molecule has 0 aliphatic rings. The molecule has 0 saturated carbocycles. The van der Waals surface area contributed by atoms with Gasteiger partial charge in [0, 0.05) is 13.7 Å². The van der Waals surface area contributed by atoms with Crippen LogP contribution in [0, 0.1) is 0 Å². The summed E-state index contributed by atoms with van der Waals surface area (Å²) in [5.74, 6) is 0.248. The first-order chi connectivity index (χ1) is 7.54. The predicted octanol–water partition coefficient (Wildman–Crippen LogP) is 1.09.